The Balaban J connectivity index is 2.42. The van der Waals surface area contributed by atoms with Gasteiger partial charge in [-0.2, -0.15) is 0 Å². The third kappa shape index (κ3) is 2.58. The van der Waals surface area contributed by atoms with E-state index in [1.54, 1.807) is 6.08 Å². The van der Waals surface area contributed by atoms with Crippen molar-refractivity contribution >= 4 is 21.9 Å². The van der Waals surface area contributed by atoms with Gasteiger partial charge in [0.25, 0.3) is 0 Å². The average Bonchev–Trinajstić information content (AvgIpc) is 2.54. The van der Waals surface area contributed by atoms with Gasteiger partial charge in [-0.05, 0) is 17.2 Å². The average molecular weight is 337 g/mol. The lowest BCUT2D eigenvalue weighted by Gasteiger charge is -2.34. The molecule has 2 atom stereocenters. The van der Waals surface area contributed by atoms with Crippen LogP contribution in [0, 0.1) is 0 Å². The summed E-state index contributed by atoms with van der Waals surface area (Å²) in [6.45, 7) is 0. The van der Waals surface area contributed by atoms with Crippen LogP contribution in [0.1, 0.15) is 17.0 Å². The van der Waals surface area contributed by atoms with Crippen LogP contribution >= 0.6 is 15.9 Å². The predicted molar refractivity (Wildman–Crippen MR) is 81.9 cm³/mol. The second-order valence-electron chi connectivity index (χ2n) is 4.59. The molecule has 1 aliphatic carbocycles. The smallest absolute Gasteiger partial charge is 0.343 e. The van der Waals surface area contributed by atoms with Crippen LogP contribution in [0.3, 0.4) is 0 Å². The third-order valence-electron chi connectivity index (χ3n) is 3.56. The van der Waals surface area contributed by atoms with Crippen molar-refractivity contribution in [3.05, 3.63) is 59.7 Å². The van der Waals surface area contributed by atoms with Crippen LogP contribution < -0.4 is 0 Å². The second kappa shape index (κ2) is 6.37. The molecule has 0 N–H and O–H groups in total. The zero-order valence-electron chi connectivity index (χ0n) is 11.5. The molecule has 0 heterocycles. The lowest BCUT2D eigenvalue weighted by atomic mass is 9.78. The zero-order valence-corrected chi connectivity index (χ0v) is 13.1. The third-order valence-corrected chi connectivity index (χ3v) is 4.20. The number of alkyl halides is 1. The summed E-state index contributed by atoms with van der Waals surface area (Å²) in [5.41, 5.74) is 1.10. The summed E-state index contributed by atoms with van der Waals surface area (Å²) in [4.78, 5) is 12.2. The van der Waals surface area contributed by atoms with Crippen LogP contribution in [-0.4, -0.2) is 25.8 Å². The van der Waals surface area contributed by atoms with Crippen LogP contribution in [0.25, 0.3) is 0 Å². The molecular formula is C16H17BrO3. The number of carbonyl (C=O) groups excluding carboxylic acids is 1. The van der Waals surface area contributed by atoms with Gasteiger partial charge in [0.05, 0.1) is 7.11 Å². The van der Waals surface area contributed by atoms with E-state index in [4.69, 9.17) is 9.47 Å². The quantitative estimate of drug-likeness (QED) is 0.624. The van der Waals surface area contributed by atoms with E-state index in [2.05, 4.69) is 15.9 Å². The molecule has 2 unspecified atom stereocenters. The molecule has 4 heteroatoms. The molecule has 0 aliphatic heterocycles. The number of hydrogen-bond donors (Lipinski definition) is 0. The Labute approximate surface area is 127 Å². The molecular weight excluding hydrogens is 320 g/mol. The number of benzene rings is 1. The van der Waals surface area contributed by atoms with Gasteiger partial charge < -0.3 is 9.47 Å². The summed E-state index contributed by atoms with van der Waals surface area (Å²) in [7, 11) is 2.90. The van der Waals surface area contributed by atoms with Crippen molar-refractivity contribution in [2.75, 3.05) is 14.2 Å². The normalized spacial score (nSPS) is 24.6. The van der Waals surface area contributed by atoms with Gasteiger partial charge >= 0.3 is 5.97 Å². The van der Waals surface area contributed by atoms with Gasteiger partial charge in [0.1, 0.15) is 0 Å². The number of esters is 1. The van der Waals surface area contributed by atoms with Crippen molar-refractivity contribution in [3.8, 4) is 0 Å². The highest BCUT2D eigenvalue weighted by Gasteiger charge is 2.45. The Morgan fingerprint density at radius 2 is 1.95 bits per heavy atom. The van der Waals surface area contributed by atoms with Crippen LogP contribution in [0.2, 0.25) is 0 Å². The zero-order chi connectivity index (χ0) is 14.6. The van der Waals surface area contributed by atoms with Crippen molar-refractivity contribution in [1.82, 2.24) is 0 Å². The van der Waals surface area contributed by atoms with E-state index in [-0.39, 0.29) is 5.92 Å². The predicted octanol–water partition coefficient (Wildman–Crippen LogP) is 3.35. The van der Waals surface area contributed by atoms with E-state index >= 15 is 0 Å². The Morgan fingerprint density at radius 3 is 2.50 bits per heavy atom. The SMILES string of the molecule is COC(=O)C1(OC)C=CC=CC1c1ccc(CBr)cc1. The molecule has 0 fully saturated rings. The van der Waals surface area contributed by atoms with E-state index in [1.807, 2.05) is 42.5 Å². The van der Waals surface area contributed by atoms with Crippen LogP contribution in [0.5, 0.6) is 0 Å². The van der Waals surface area contributed by atoms with Crippen LogP contribution in [-0.2, 0) is 19.6 Å². The van der Waals surface area contributed by atoms with E-state index in [0.717, 1.165) is 10.9 Å². The second-order valence-corrected chi connectivity index (χ2v) is 5.15. The highest BCUT2D eigenvalue weighted by atomic mass is 79.9. The summed E-state index contributed by atoms with van der Waals surface area (Å²) in [6.07, 6.45) is 7.44. The van der Waals surface area contributed by atoms with Crippen molar-refractivity contribution in [3.63, 3.8) is 0 Å². The monoisotopic (exact) mass is 336 g/mol. The molecule has 1 aromatic rings. The number of carbonyl (C=O) groups is 1. The van der Waals surface area contributed by atoms with E-state index in [0.29, 0.717) is 0 Å². The number of halogens is 1. The fourth-order valence-electron chi connectivity index (χ4n) is 2.43. The summed E-state index contributed by atoms with van der Waals surface area (Å²) in [5.74, 6) is -0.593. The molecule has 0 bridgehead atoms. The molecule has 1 aliphatic rings. The minimum atomic E-state index is -1.10. The minimum Gasteiger partial charge on any atom is -0.467 e. The van der Waals surface area contributed by atoms with Crippen LogP contribution in [0.15, 0.2) is 48.6 Å². The number of ether oxygens (including phenoxy) is 2. The topological polar surface area (TPSA) is 35.5 Å². The van der Waals surface area contributed by atoms with Gasteiger partial charge in [-0.1, -0.05) is 58.4 Å². The van der Waals surface area contributed by atoms with Crippen molar-refractivity contribution in [1.29, 1.82) is 0 Å². The fraction of sp³-hybridized carbons (Fsp3) is 0.312. The standard InChI is InChI=1S/C16H17BrO3/c1-19-15(18)16(20-2)10-4-3-5-14(16)13-8-6-12(11-17)7-9-13/h3-10,14H,11H2,1-2H3. The Bertz CT molecular complexity index is 533. The maximum atomic E-state index is 12.2. The Kier molecular flexibility index (Phi) is 4.78. The first-order valence-corrected chi connectivity index (χ1v) is 7.44. The molecule has 1 aromatic carbocycles. The number of allylic oxidation sites excluding steroid dienone is 2. The molecule has 106 valence electrons. The van der Waals surface area contributed by atoms with Gasteiger partial charge in [0, 0.05) is 18.4 Å². The Hall–Kier alpha value is -1.39. The van der Waals surface area contributed by atoms with Crippen molar-refractivity contribution < 1.29 is 14.3 Å². The first-order chi connectivity index (χ1) is 9.67. The molecule has 2 rings (SSSR count). The molecule has 0 radical (unpaired) electrons. The van der Waals surface area contributed by atoms with Crippen molar-refractivity contribution in [2.45, 2.75) is 16.8 Å². The first kappa shape index (κ1) is 15.0. The molecule has 0 amide bonds. The molecule has 0 spiro atoms. The number of methoxy groups -OCH3 is 2. The van der Waals surface area contributed by atoms with Crippen LogP contribution in [0.4, 0.5) is 0 Å². The van der Waals surface area contributed by atoms with Gasteiger partial charge in [0.15, 0.2) is 5.60 Å². The highest BCUT2D eigenvalue weighted by Crippen LogP contribution is 2.37. The summed E-state index contributed by atoms with van der Waals surface area (Å²) in [6, 6.07) is 8.10. The molecule has 0 saturated carbocycles. The molecule has 3 nitrogen and oxygen atoms in total. The largest absolute Gasteiger partial charge is 0.467 e. The maximum Gasteiger partial charge on any atom is 0.343 e. The minimum absolute atomic E-state index is 0.200. The highest BCUT2D eigenvalue weighted by molar-refractivity contribution is 9.08. The van der Waals surface area contributed by atoms with E-state index in [9.17, 15) is 4.79 Å². The Morgan fingerprint density at radius 1 is 1.25 bits per heavy atom. The van der Waals surface area contributed by atoms with Gasteiger partial charge in [-0.25, -0.2) is 4.79 Å². The molecule has 20 heavy (non-hydrogen) atoms. The number of hydrogen-bond acceptors (Lipinski definition) is 3. The lowest BCUT2D eigenvalue weighted by molar-refractivity contribution is -0.161. The van der Waals surface area contributed by atoms with Crippen molar-refractivity contribution in [2.24, 2.45) is 0 Å². The lowest BCUT2D eigenvalue weighted by Crippen LogP contribution is -2.45. The van der Waals surface area contributed by atoms with Gasteiger partial charge in [-0.15, -0.1) is 0 Å². The number of rotatable bonds is 4. The summed E-state index contributed by atoms with van der Waals surface area (Å²) < 4.78 is 10.5. The summed E-state index contributed by atoms with van der Waals surface area (Å²) in [5, 5.41) is 0.806. The molecule has 0 saturated heterocycles. The van der Waals surface area contributed by atoms with Gasteiger partial charge in [0.2, 0.25) is 0 Å². The van der Waals surface area contributed by atoms with Gasteiger partial charge in [-0.3, -0.25) is 0 Å². The maximum absolute atomic E-state index is 12.2. The van der Waals surface area contributed by atoms with E-state index in [1.165, 1.54) is 19.8 Å². The molecule has 0 aromatic heterocycles. The van der Waals surface area contributed by atoms with E-state index < -0.39 is 11.6 Å². The fourth-order valence-corrected chi connectivity index (χ4v) is 2.80. The first-order valence-electron chi connectivity index (χ1n) is 6.32. The summed E-state index contributed by atoms with van der Waals surface area (Å²) >= 11 is 3.42.